The maximum Gasteiger partial charge on any atom is 0.113 e. The second-order valence-corrected chi connectivity index (χ2v) is 6.26. The summed E-state index contributed by atoms with van der Waals surface area (Å²) in [4.78, 5) is 0. The highest BCUT2D eigenvalue weighted by Crippen LogP contribution is 2.43. The van der Waals surface area contributed by atoms with Crippen LogP contribution in [-0.2, 0) is 0 Å². The standard InChI is InChI=1S/C24H18O/c1-17-11-14-19(15-12-17)23-20-9-5-6-10-21(20)24(25)22(23)16-13-18-7-3-2-4-8-18/h2-12,14-15,24-25H,1H3. The minimum atomic E-state index is -0.677. The summed E-state index contributed by atoms with van der Waals surface area (Å²) >= 11 is 0. The number of aryl methyl sites for hydroxylation is 1. The van der Waals surface area contributed by atoms with Crippen LogP contribution in [0.4, 0.5) is 0 Å². The highest BCUT2D eigenvalue weighted by molar-refractivity contribution is 5.90. The number of aliphatic hydroxyl groups is 1. The van der Waals surface area contributed by atoms with E-state index in [2.05, 4.69) is 49.1 Å². The fourth-order valence-electron chi connectivity index (χ4n) is 3.22. The highest BCUT2D eigenvalue weighted by atomic mass is 16.3. The molecule has 1 unspecified atom stereocenters. The number of rotatable bonds is 1. The van der Waals surface area contributed by atoms with E-state index >= 15 is 0 Å². The van der Waals surface area contributed by atoms with Crippen LogP contribution in [-0.4, -0.2) is 5.11 Å². The van der Waals surface area contributed by atoms with E-state index in [-0.39, 0.29) is 0 Å². The molecule has 1 heteroatoms. The summed E-state index contributed by atoms with van der Waals surface area (Å²) in [5.74, 6) is 6.43. The van der Waals surface area contributed by atoms with Crippen LogP contribution in [0, 0.1) is 18.8 Å². The molecule has 1 aliphatic carbocycles. The zero-order valence-corrected chi connectivity index (χ0v) is 14.0. The average molecular weight is 322 g/mol. The van der Waals surface area contributed by atoms with Crippen LogP contribution in [0.25, 0.3) is 5.57 Å². The number of aliphatic hydroxyl groups excluding tert-OH is 1. The summed E-state index contributed by atoms with van der Waals surface area (Å²) in [5.41, 5.74) is 7.05. The van der Waals surface area contributed by atoms with Crippen molar-refractivity contribution < 1.29 is 5.11 Å². The second-order valence-electron chi connectivity index (χ2n) is 6.26. The van der Waals surface area contributed by atoms with E-state index in [0.717, 1.165) is 33.4 Å². The van der Waals surface area contributed by atoms with E-state index in [0.29, 0.717) is 0 Å². The molecule has 4 rings (SSSR count). The highest BCUT2D eigenvalue weighted by Gasteiger charge is 2.29. The fraction of sp³-hybridized carbons (Fsp3) is 0.0833. The van der Waals surface area contributed by atoms with Crippen LogP contribution in [0.1, 0.15) is 33.9 Å². The van der Waals surface area contributed by atoms with Crippen molar-refractivity contribution in [1.29, 1.82) is 0 Å². The van der Waals surface area contributed by atoms with Crippen LogP contribution in [0.2, 0.25) is 0 Å². The molecule has 0 aromatic heterocycles. The molecule has 0 spiro atoms. The second kappa shape index (κ2) is 6.43. The van der Waals surface area contributed by atoms with E-state index < -0.39 is 6.10 Å². The smallest absolute Gasteiger partial charge is 0.113 e. The Balaban J connectivity index is 1.89. The van der Waals surface area contributed by atoms with Gasteiger partial charge < -0.3 is 5.11 Å². The number of hydrogen-bond acceptors (Lipinski definition) is 1. The van der Waals surface area contributed by atoms with E-state index in [1.165, 1.54) is 5.56 Å². The molecule has 3 aromatic carbocycles. The Bertz CT molecular complexity index is 999. The van der Waals surface area contributed by atoms with Crippen LogP contribution >= 0.6 is 0 Å². The van der Waals surface area contributed by atoms with Crippen molar-refractivity contribution in [3.63, 3.8) is 0 Å². The zero-order chi connectivity index (χ0) is 17.2. The number of hydrogen-bond donors (Lipinski definition) is 1. The minimum absolute atomic E-state index is 0.677. The van der Waals surface area contributed by atoms with Crippen LogP contribution in [0.5, 0.6) is 0 Å². The average Bonchev–Trinajstić information content (AvgIpc) is 2.94. The molecule has 3 aromatic rings. The Hall–Kier alpha value is -3.08. The van der Waals surface area contributed by atoms with Crippen molar-refractivity contribution in [1.82, 2.24) is 0 Å². The summed E-state index contributed by atoms with van der Waals surface area (Å²) < 4.78 is 0. The van der Waals surface area contributed by atoms with Gasteiger partial charge in [-0.15, -0.1) is 0 Å². The third-order valence-corrected chi connectivity index (χ3v) is 4.52. The summed E-state index contributed by atoms with van der Waals surface area (Å²) in [5, 5.41) is 10.8. The van der Waals surface area contributed by atoms with Crippen molar-refractivity contribution in [2.24, 2.45) is 0 Å². The first-order chi connectivity index (χ1) is 12.2. The summed E-state index contributed by atoms with van der Waals surface area (Å²) in [6, 6.07) is 26.3. The van der Waals surface area contributed by atoms with Crippen LogP contribution in [0.3, 0.4) is 0 Å². The van der Waals surface area contributed by atoms with Gasteiger partial charge in [-0.2, -0.15) is 0 Å². The fourth-order valence-corrected chi connectivity index (χ4v) is 3.22. The Morgan fingerprint density at radius 3 is 2.20 bits per heavy atom. The van der Waals surface area contributed by atoms with Gasteiger partial charge in [0.1, 0.15) is 6.10 Å². The van der Waals surface area contributed by atoms with Crippen LogP contribution < -0.4 is 0 Å². The summed E-state index contributed by atoms with van der Waals surface area (Å²) in [7, 11) is 0. The lowest BCUT2D eigenvalue weighted by Gasteiger charge is -2.07. The summed E-state index contributed by atoms with van der Waals surface area (Å²) in [6.45, 7) is 2.08. The van der Waals surface area contributed by atoms with Crippen molar-refractivity contribution in [2.75, 3.05) is 0 Å². The lowest BCUT2D eigenvalue weighted by molar-refractivity contribution is 0.224. The minimum Gasteiger partial charge on any atom is -0.383 e. The molecule has 0 heterocycles. The molecule has 0 bridgehead atoms. The third kappa shape index (κ3) is 2.89. The maximum absolute atomic E-state index is 10.8. The molecule has 1 atom stereocenters. The molecule has 0 amide bonds. The van der Waals surface area contributed by atoms with Crippen molar-refractivity contribution in [3.8, 4) is 11.8 Å². The first-order valence-corrected chi connectivity index (χ1v) is 8.39. The summed E-state index contributed by atoms with van der Waals surface area (Å²) in [6.07, 6.45) is -0.677. The Morgan fingerprint density at radius 1 is 0.760 bits per heavy atom. The number of fused-ring (bicyclic) bond motifs is 1. The van der Waals surface area contributed by atoms with Gasteiger partial charge >= 0.3 is 0 Å². The third-order valence-electron chi connectivity index (χ3n) is 4.52. The van der Waals surface area contributed by atoms with Crippen molar-refractivity contribution in [3.05, 3.63) is 112 Å². The normalized spacial score (nSPS) is 15.5. The quantitative estimate of drug-likeness (QED) is 0.632. The molecule has 0 fully saturated rings. The molecular weight excluding hydrogens is 304 g/mol. The molecule has 1 N–H and O–H groups in total. The van der Waals surface area contributed by atoms with Gasteiger partial charge in [-0.05, 0) is 35.7 Å². The van der Waals surface area contributed by atoms with Gasteiger partial charge in [-0.25, -0.2) is 0 Å². The van der Waals surface area contributed by atoms with Crippen molar-refractivity contribution >= 4 is 5.57 Å². The van der Waals surface area contributed by atoms with Gasteiger partial charge in [0, 0.05) is 16.7 Å². The molecule has 1 nitrogen and oxygen atoms in total. The predicted octanol–water partition coefficient (Wildman–Crippen LogP) is 4.90. The van der Waals surface area contributed by atoms with Gasteiger partial charge in [0.25, 0.3) is 0 Å². The van der Waals surface area contributed by atoms with Crippen LogP contribution in [0.15, 0.2) is 84.4 Å². The molecule has 0 saturated heterocycles. The molecule has 25 heavy (non-hydrogen) atoms. The Kier molecular flexibility index (Phi) is 3.98. The molecule has 0 aliphatic heterocycles. The molecule has 120 valence electrons. The van der Waals surface area contributed by atoms with Crippen molar-refractivity contribution in [2.45, 2.75) is 13.0 Å². The zero-order valence-electron chi connectivity index (χ0n) is 14.0. The topological polar surface area (TPSA) is 20.2 Å². The largest absolute Gasteiger partial charge is 0.383 e. The van der Waals surface area contributed by atoms with E-state index in [9.17, 15) is 5.11 Å². The predicted molar refractivity (Wildman–Crippen MR) is 102 cm³/mol. The Labute approximate surface area is 148 Å². The van der Waals surface area contributed by atoms with Gasteiger partial charge in [-0.1, -0.05) is 84.1 Å². The molecule has 0 radical (unpaired) electrons. The first kappa shape index (κ1) is 15.4. The van der Waals surface area contributed by atoms with E-state index in [4.69, 9.17) is 0 Å². The van der Waals surface area contributed by atoms with Gasteiger partial charge in [0.05, 0.1) is 0 Å². The molecule has 1 aliphatic rings. The number of benzene rings is 3. The van der Waals surface area contributed by atoms with E-state index in [1.807, 2.05) is 48.5 Å². The lowest BCUT2D eigenvalue weighted by atomic mass is 9.97. The monoisotopic (exact) mass is 322 g/mol. The first-order valence-electron chi connectivity index (χ1n) is 8.39. The van der Waals surface area contributed by atoms with E-state index in [1.54, 1.807) is 0 Å². The molecular formula is C24H18O. The van der Waals surface area contributed by atoms with Gasteiger partial charge in [-0.3, -0.25) is 0 Å². The van der Waals surface area contributed by atoms with Gasteiger partial charge in [0.2, 0.25) is 0 Å². The molecule has 0 saturated carbocycles. The lowest BCUT2D eigenvalue weighted by Crippen LogP contribution is -1.95. The SMILES string of the molecule is Cc1ccc(C2=C(C#Cc3ccccc3)C(O)c3ccccc32)cc1. The maximum atomic E-state index is 10.8. The van der Waals surface area contributed by atoms with Gasteiger partial charge in [0.15, 0.2) is 0 Å². The Morgan fingerprint density at radius 2 is 1.44 bits per heavy atom.